The molecule has 3 rings (SSSR count). The summed E-state index contributed by atoms with van der Waals surface area (Å²) in [6.45, 7) is 0.745. The molecule has 2 bridgehead atoms. The Bertz CT molecular complexity index is 605. The van der Waals surface area contributed by atoms with Gasteiger partial charge in [0.15, 0.2) is 5.96 Å². The fourth-order valence-electron chi connectivity index (χ4n) is 3.87. The predicted molar refractivity (Wildman–Crippen MR) is 100 cm³/mol. The maximum absolute atomic E-state index is 5.92. The minimum absolute atomic E-state index is 0.186. The van der Waals surface area contributed by atoms with E-state index in [-0.39, 0.29) is 6.04 Å². The number of rotatable bonds is 6. The van der Waals surface area contributed by atoms with Gasteiger partial charge in [0.25, 0.3) is 0 Å². The summed E-state index contributed by atoms with van der Waals surface area (Å²) in [7, 11) is 7.70. The van der Waals surface area contributed by atoms with E-state index >= 15 is 0 Å². The van der Waals surface area contributed by atoms with Crippen LogP contribution >= 0.6 is 0 Å². The third-order valence-corrected chi connectivity index (χ3v) is 5.24. The number of fused-ring (bicyclic) bond motifs is 2. The monoisotopic (exact) mass is 346 g/mol. The number of methoxy groups -OCH3 is 1. The smallest absolute Gasteiger partial charge is 0.191 e. The van der Waals surface area contributed by atoms with E-state index in [1.165, 1.54) is 12.0 Å². The average Bonchev–Trinajstić information content (AvgIpc) is 3.24. The maximum atomic E-state index is 5.92. The Hall–Kier alpha value is -1.79. The van der Waals surface area contributed by atoms with Gasteiger partial charge in [-0.2, -0.15) is 0 Å². The Morgan fingerprint density at radius 2 is 2.16 bits per heavy atom. The molecule has 1 aromatic rings. The lowest BCUT2D eigenvalue weighted by Crippen LogP contribution is -2.49. The first-order chi connectivity index (χ1) is 12.1. The normalized spacial score (nSPS) is 26.8. The number of aliphatic imine (C=N–C) groups is 1. The van der Waals surface area contributed by atoms with Crippen molar-refractivity contribution < 1.29 is 9.47 Å². The predicted octanol–water partition coefficient (Wildman–Crippen LogP) is 1.78. The van der Waals surface area contributed by atoms with Gasteiger partial charge >= 0.3 is 0 Å². The Morgan fingerprint density at radius 3 is 2.76 bits per heavy atom. The molecule has 2 saturated heterocycles. The number of guanidine groups is 1. The molecule has 0 aromatic heterocycles. The zero-order chi connectivity index (χ0) is 17.8. The number of nitrogens with one attached hydrogen (secondary N) is 2. The zero-order valence-electron chi connectivity index (χ0n) is 15.7. The SMILES string of the molecule is CN=C(NCC(c1ccccc1OC)N(C)C)NC1CC2CCC1O2. The maximum Gasteiger partial charge on any atom is 0.191 e. The Labute approximate surface area is 150 Å². The molecule has 2 fully saturated rings. The molecular formula is C19H30N4O2. The van der Waals surface area contributed by atoms with Gasteiger partial charge < -0.3 is 25.0 Å². The van der Waals surface area contributed by atoms with Gasteiger partial charge in [-0.15, -0.1) is 0 Å². The highest BCUT2D eigenvalue weighted by Crippen LogP contribution is 2.34. The average molecular weight is 346 g/mol. The summed E-state index contributed by atoms with van der Waals surface area (Å²) in [5.74, 6) is 1.75. The molecule has 4 atom stereocenters. The summed E-state index contributed by atoms with van der Waals surface area (Å²) in [5.41, 5.74) is 1.17. The summed E-state index contributed by atoms with van der Waals surface area (Å²) in [6, 6.07) is 8.72. The van der Waals surface area contributed by atoms with Crippen LogP contribution in [0.15, 0.2) is 29.3 Å². The molecular weight excluding hydrogens is 316 g/mol. The summed E-state index contributed by atoms with van der Waals surface area (Å²) in [5, 5.41) is 7.01. The largest absolute Gasteiger partial charge is 0.496 e. The van der Waals surface area contributed by atoms with Crippen LogP contribution in [-0.2, 0) is 4.74 Å². The van der Waals surface area contributed by atoms with Gasteiger partial charge in [-0.25, -0.2) is 0 Å². The lowest BCUT2D eigenvalue weighted by Gasteiger charge is -2.28. The number of hydrogen-bond donors (Lipinski definition) is 2. The molecule has 6 heteroatoms. The third-order valence-electron chi connectivity index (χ3n) is 5.24. The van der Waals surface area contributed by atoms with Crippen molar-refractivity contribution in [1.82, 2.24) is 15.5 Å². The van der Waals surface area contributed by atoms with Crippen molar-refractivity contribution in [1.29, 1.82) is 0 Å². The number of hydrogen-bond acceptors (Lipinski definition) is 4. The van der Waals surface area contributed by atoms with Gasteiger partial charge in [0.2, 0.25) is 0 Å². The van der Waals surface area contributed by atoms with Crippen LogP contribution in [0, 0.1) is 0 Å². The molecule has 4 unspecified atom stereocenters. The Kier molecular flexibility index (Phi) is 5.81. The van der Waals surface area contributed by atoms with Crippen molar-refractivity contribution in [3.63, 3.8) is 0 Å². The van der Waals surface area contributed by atoms with Crippen LogP contribution in [0.1, 0.15) is 30.9 Å². The molecule has 2 aliphatic heterocycles. The molecule has 2 heterocycles. The van der Waals surface area contributed by atoms with Crippen molar-refractivity contribution in [3.8, 4) is 5.75 Å². The van der Waals surface area contributed by atoms with E-state index in [1.807, 2.05) is 25.2 Å². The lowest BCUT2D eigenvalue weighted by atomic mass is 9.96. The zero-order valence-corrected chi connectivity index (χ0v) is 15.7. The number of nitrogens with zero attached hydrogens (tertiary/aromatic N) is 2. The van der Waals surface area contributed by atoms with Crippen molar-refractivity contribution in [2.24, 2.45) is 4.99 Å². The summed E-state index contributed by atoms with van der Waals surface area (Å²) >= 11 is 0. The molecule has 2 aliphatic rings. The van der Waals surface area contributed by atoms with Crippen LogP contribution in [-0.4, -0.2) is 63.9 Å². The molecule has 0 saturated carbocycles. The highest BCUT2D eigenvalue weighted by Gasteiger charge is 2.41. The highest BCUT2D eigenvalue weighted by molar-refractivity contribution is 5.80. The number of likely N-dealkylation sites (N-methyl/N-ethyl adjacent to an activating group) is 1. The highest BCUT2D eigenvalue weighted by atomic mass is 16.5. The van der Waals surface area contributed by atoms with Crippen molar-refractivity contribution >= 4 is 5.96 Å². The molecule has 0 radical (unpaired) electrons. The molecule has 2 N–H and O–H groups in total. The fourth-order valence-corrected chi connectivity index (χ4v) is 3.87. The molecule has 0 aliphatic carbocycles. The van der Waals surface area contributed by atoms with Crippen LogP contribution < -0.4 is 15.4 Å². The molecule has 25 heavy (non-hydrogen) atoms. The third kappa shape index (κ3) is 4.07. The number of para-hydroxylation sites is 1. The molecule has 138 valence electrons. The molecule has 0 amide bonds. The van der Waals surface area contributed by atoms with Crippen LogP contribution in [0.4, 0.5) is 0 Å². The van der Waals surface area contributed by atoms with E-state index in [4.69, 9.17) is 9.47 Å². The van der Waals surface area contributed by atoms with Crippen molar-refractivity contribution in [2.75, 3.05) is 34.8 Å². The van der Waals surface area contributed by atoms with E-state index in [0.29, 0.717) is 18.2 Å². The first-order valence-corrected chi connectivity index (χ1v) is 9.04. The van der Waals surface area contributed by atoms with Crippen LogP contribution in [0.3, 0.4) is 0 Å². The van der Waals surface area contributed by atoms with E-state index in [2.05, 4.69) is 40.7 Å². The fraction of sp³-hybridized carbons (Fsp3) is 0.632. The summed E-state index contributed by atoms with van der Waals surface area (Å²) < 4.78 is 11.5. The van der Waals surface area contributed by atoms with Gasteiger partial charge in [0.05, 0.1) is 31.4 Å². The topological polar surface area (TPSA) is 58.1 Å². The van der Waals surface area contributed by atoms with E-state index in [9.17, 15) is 0 Å². The second-order valence-corrected chi connectivity index (χ2v) is 7.03. The summed E-state index contributed by atoms with van der Waals surface area (Å²) in [4.78, 5) is 6.58. The van der Waals surface area contributed by atoms with Crippen molar-refractivity contribution in [3.05, 3.63) is 29.8 Å². The summed E-state index contributed by atoms with van der Waals surface area (Å²) in [6.07, 6.45) is 4.20. The van der Waals surface area contributed by atoms with Gasteiger partial charge in [-0.05, 0) is 39.4 Å². The molecule has 0 spiro atoms. The van der Waals surface area contributed by atoms with E-state index < -0.39 is 0 Å². The number of benzene rings is 1. The minimum atomic E-state index is 0.186. The van der Waals surface area contributed by atoms with Gasteiger partial charge in [0, 0.05) is 19.2 Å². The van der Waals surface area contributed by atoms with E-state index in [1.54, 1.807) is 7.11 Å². The molecule has 1 aromatic carbocycles. The molecule has 6 nitrogen and oxygen atoms in total. The van der Waals surface area contributed by atoms with E-state index in [0.717, 1.165) is 31.1 Å². The van der Waals surface area contributed by atoms with Crippen LogP contribution in [0.2, 0.25) is 0 Å². The Balaban J connectivity index is 1.62. The quantitative estimate of drug-likeness (QED) is 0.607. The van der Waals surface area contributed by atoms with Crippen molar-refractivity contribution in [2.45, 2.75) is 43.6 Å². The second-order valence-electron chi connectivity index (χ2n) is 7.03. The first-order valence-electron chi connectivity index (χ1n) is 9.04. The van der Waals surface area contributed by atoms with Gasteiger partial charge in [-0.3, -0.25) is 4.99 Å². The minimum Gasteiger partial charge on any atom is -0.496 e. The van der Waals surface area contributed by atoms with Gasteiger partial charge in [-0.1, -0.05) is 18.2 Å². The second kappa shape index (κ2) is 8.06. The Morgan fingerprint density at radius 1 is 1.36 bits per heavy atom. The first kappa shape index (κ1) is 18.0. The van der Waals surface area contributed by atoms with Crippen LogP contribution in [0.5, 0.6) is 5.75 Å². The standard InChI is InChI=1S/C19H30N4O2/c1-20-19(22-15-11-13-9-10-18(15)25-13)21-12-16(23(2)3)14-7-5-6-8-17(14)24-4/h5-8,13,15-16,18H,9-12H2,1-4H3,(H2,20,21,22). The van der Waals surface area contributed by atoms with Crippen LogP contribution in [0.25, 0.3) is 0 Å². The lowest BCUT2D eigenvalue weighted by molar-refractivity contribution is 0.0992. The number of ether oxygens (including phenoxy) is 2. The van der Waals surface area contributed by atoms with Gasteiger partial charge in [0.1, 0.15) is 5.75 Å².